The van der Waals surface area contributed by atoms with Gasteiger partial charge in [0.15, 0.2) is 0 Å². The van der Waals surface area contributed by atoms with E-state index in [1.165, 1.54) is 0 Å². The van der Waals surface area contributed by atoms with Crippen LogP contribution >= 0.6 is 0 Å². The maximum absolute atomic E-state index is 8.75. The van der Waals surface area contributed by atoms with E-state index in [0.29, 0.717) is 13.1 Å². The van der Waals surface area contributed by atoms with Crippen LogP contribution in [0, 0.1) is 11.8 Å². The molecule has 3 nitrogen and oxygen atoms in total. The average molecular weight is 230 g/mol. The minimum absolute atomic E-state index is 0.133. The summed E-state index contributed by atoms with van der Waals surface area (Å²) in [5.41, 5.74) is 3.06. The van der Waals surface area contributed by atoms with E-state index in [0.717, 1.165) is 16.8 Å². The van der Waals surface area contributed by atoms with Crippen LogP contribution in [0.1, 0.15) is 18.2 Å². The summed E-state index contributed by atoms with van der Waals surface area (Å²) in [4.78, 5) is 3.18. The van der Waals surface area contributed by atoms with Crippen molar-refractivity contribution in [3.63, 3.8) is 0 Å². The second kappa shape index (κ2) is 7.50. The third-order valence-electron chi connectivity index (χ3n) is 2.25. The Morgan fingerprint density at radius 1 is 1.65 bits per heavy atom. The molecule has 0 unspecified atom stereocenters. The van der Waals surface area contributed by atoms with E-state index in [9.17, 15) is 0 Å². The van der Waals surface area contributed by atoms with Crippen molar-refractivity contribution >= 4 is 5.57 Å². The standard InChI is InChI=1S/C14H18N2O/c1-3-5-12-7-8-16-14(12)13(6-4-2)11-15-9-10-17/h4,6-8,15-17H,2,9-11H2,1H3/b13-6-. The molecule has 90 valence electrons. The molecule has 0 atom stereocenters. The van der Waals surface area contributed by atoms with Crippen LogP contribution in [0.2, 0.25) is 0 Å². The number of aromatic nitrogens is 1. The number of rotatable bonds is 6. The second-order valence-corrected chi connectivity index (χ2v) is 3.47. The van der Waals surface area contributed by atoms with E-state index in [1.54, 1.807) is 6.08 Å². The third-order valence-corrected chi connectivity index (χ3v) is 2.25. The number of allylic oxidation sites excluding steroid dienone is 2. The van der Waals surface area contributed by atoms with Crippen LogP contribution in [0.5, 0.6) is 0 Å². The fourth-order valence-electron chi connectivity index (χ4n) is 1.55. The molecule has 1 aromatic heterocycles. The molecule has 0 aliphatic rings. The Kier molecular flexibility index (Phi) is 5.87. The lowest BCUT2D eigenvalue weighted by atomic mass is 10.1. The van der Waals surface area contributed by atoms with Gasteiger partial charge in [0.05, 0.1) is 12.3 Å². The van der Waals surface area contributed by atoms with Gasteiger partial charge in [0.1, 0.15) is 0 Å². The van der Waals surface area contributed by atoms with Crippen molar-refractivity contribution in [2.75, 3.05) is 19.7 Å². The van der Waals surface area contributed by atoms with Crippen LogP contribution in [-0.2, 0) is 0 Å². The lowest BCUT2D eigenvalue weighted by Crippen LogP contribution is -2.20. The van der Waals surface area contributed by atoms with Gasteiger partial charge in [-0.15, -0.1) is 5.92 Å². The van der Waals surface area contributed by atoms with Crippen LogP contribution in [0.25, 0.3) is 5.57 Å². The maximum atomic E-state index is 8.75. The monoisotopic (exact) mass is 230 g/mol. The molecule has 3 N–H and O–H groups in total. The van der Waals surface area contributed by atoms with Gasteiger partial charge in [-0.3, -0.25) is 0 Å². The van der Waals surface area contributed by atoms with Gasteiger partial charge < -0.3 is 15.4 Å². The van der Waals surface area contributed by atoms with Crippen LogP contribution in [-0.4, -0.2) is 29.8 Å². The Hall–Kier alpha value is -1.76. The molecule has 0 saturated carbocycles. The van der Waals surface area contributed by atoms with E-state index < -0.39 is 0 Å². The van der Waals surface area contributed by atoms with Crippen molar-refractivity contribution < 1.29 is 5.11 Å². The fraction of sp³-hybridized carbons (Fsp3) is 0.286. The predicted octanol–water partition coefficient (Wildman–Crippen LogP) is 1.54. The number of hydrogen-bond donors (Lipinski definition) is 3. The Bertz CT molecular complexity index is 446. The lowest BCUT2D eigenvalue weighted by Gasteiger charge is -2.07. The SMILES string of the molecule is C=C/C=C(/CNCCO)c1[nH]ccc1C#CC. The molecule has 0 radical (unpaired) electrons. The summed E-state index contributed by atoms with van der Waals surface area (Å²) < 4.78 is 0. The molecule has 0 aliphatic heterocycles. The molecule has 0 aliphatic carbocycles. The maximum Gasteiger partial charge on any atom is 0.0585 e. The average Bonchev–Trinajstić information content (AvgIpc) is 2.77. The van der Waals surface area contributed by atoms with Gasteiger partial charge >= 0.3 is 0 Å². The zero-order valence-electron chi connectivity index (χ0n) is 10.1. The highest BCUT2D eigenvalue weighted by Crippen LogP contribution is 2.16. The quantitative estimate of drug-likeness (QED) is 0.394. The highest BCUT2D eigenvalue weighted by molar-refractivity contribution is 5.70. The summed E-state index contributed by atoms with van der Waals surface area (Å²) in [5.74, 6) is 5.94. The Labute approximate surface area is 102 Å². The van der Waals surface area contributed by atoms with Crippen molar-refractivity contribution in [2.45, 2.75) is 6.92 Å². The first kappa shape index (κ1) is 13.3. The molecule has 0 fully saturated rings. The number of nitrogens with one attached hydrogen (secondary N) is 2. The topological polar surface area (TPSA) is 48.0 Å². The third kappa shape index (κ3) is 3.95. The van der Waals surface area contributed by atoms with Gasteiger partial charge in [0.2, 0.25) is 0 Å². The number of aliphatic hydroxyl groups is 1. The highest BCUT2D eigenvalue weighted by Gasteiger charge is 2.06. The smallest absolute Gasteiger partial charge is 0.0585 e. The summed E-state index contributed by atoms with van der Waals surface area (Å²) in [6.07, 6.45) is 5.56. The van der Waals surface area contributed by atoms with Crippen molar-refractivity contribution in [1.82, 2.24) is 10.3 Å². The summed E-state index contributed by atoms with van der Waals surface area (Å²) in [6.45, 7) is 6.91. The van der Waals surface area contributed by atoms with Gasteiger partial charge in [-0.2, -0.15) is 0 Å². The lowest BCUT2D eigenvalue weighted by molar-refractivity contribution is 0.295. The van der Waals surface area contributed by atoms with E-state index in [2.05, 4.69) is 28.7 Å². The first-order valence-corrected chi connectivity index (χ1v) is 5.57. The number of aromatic amines is 1. The molecule has 1 heterocycles. The zero-order chi connectivity index (χ0) is 12.5. The fourth-order valence-corrected chi connectivity index (χ4v) is 1.55. The largest absolute Gasteiger partial charge is 0.395 e. The summed E-state index contributed by atoms with van der Waals surface area (Å²) in [6, 6.07) is 1.95. The normalized spacial score (nSPS) is 10.8. The second-order valence-electron chi connectivity index (χ2n) is 3.47. The molecule has 0 bridgehead atoms. The molecule has 1 aromatic rings. The minimum atomic E-state index is 0.133. The van der Waals surface area contributed by atoms with E-state index in [1.807, 2.05) is 25.3 Å². The van der Waals surface area contributed by atoms with Gasteiger partial charge in [0.25, 0.3) is 0 Å². The first-order valence-electron chi connectivity index (χ1n) is 5.57. The number of aliphatic hydroxyl groups excluding tert-OH is 1. The Morgan fingerprint density at radius 3 is 3.12 bits per heavy atom. The van der Waals surface area contributed by atoms with E-state index in [-0.39, 0.29) is 6.61 Å². The minimum Gasteiger partial charge on any atom is -0.395 e. The van der Waals surface area contributed by atoms with Crippen LogP contribution in [0.15, 0.2) is 31.0 Å². The molecule has 0 spiro atoms. The molecule has 3 heteroatoms. The first-order chi connectivity index (χ1) is 8.33. The highest BCUT2D eigenvalue weighted by atomic mass is 16.3. The van der Waals surface area contributed by atoms with Crippen molar-refractivity contribution in [1.29, 1.82) is 0 Å². The Morgan fingerprint density at radius 2 is 2.47 bits per heavy atom. The number of hydrogen-bond acceptors (Lipinski definition) is 2. The molecule has 0 aromatic carbocycles. The summed E-state index contributed by atoms with van der Waals surface area (Å²) >= 11 is 0. The predicted molar refractivity (Wildman–Crippen MR) is 71.5 cm³/mol. The summed E-state index contributed by atoms with van der Waals surface area (Å²) in [5, 5.41) is 11.9. The van der Waals surface area contributed by atoms with E-state index >= 15 is 0 Å². The molecule has 17 heavy (non-hydrogen) atoms. The number of H-pyrrole nitrogens is 1. The molecular weight excluding hydrogens is 212 g/mol. The molecule has 0 saturated heterocycles. The zero-order valence-corrected chi connectivity index (χ0v) is 10.1. The Balaban J connectivity index is 2.88. The van der Waals surface area contributed by atoms with Gasteiger partial charge in [-0.1, -0.05) is 24.7 Å². The van der Waals surface area contributed by atoms with Gasteiger partial charge in [-0.05, 0) is 18.6 Å². The van der Waals surface area contributed by atoms with Crippen LogP contribution < -0.4 is 5.32 Å². The summed E-state index contributed by atoms with van der Waals surface area (Å²) in [7, 11) is 0. The van der Waals surface area contributed by atoms with Gasteiger partial charge in [0, 0.05) is 24.8 Å². The molecule has 1 rings (SSSR count). The molecule has 0 amide bonds. The van der Waals surface area contributed by atoms with Crippen LogP contribution in [0.3, 0.4) is 0 Å². The van der Waals surface area contributed by atoms with Crippen molar-refractivity contribution in [3.8, 4) is 11.8 Å². The van der Waals surface area contributed by atoms with Gasteiger partial charge in [-0.25, -0.2) is 0 Å². The van der Waals surface area contributed by atoms with Crippen molar-refractivity contribution in [3.05, 3.63) is 42.3 Å². The van der Waals surface area contributed by atoms with E-state index in [4.69, 9.17) is 5.11 Å². The van der Waals surface area contributed by atoms with Crippen LogP contribution in [0.4, 0.5) is 0 Å². The molecular formula is C14H18N2O. The van der Waals surface area contributed by atoms with Crippen molar-refractivity contribution in [2.24, 2.45) is 0 Å².